The van der Waals surface area contributed by atoms with E-state index in [0.717, 1.165) is 6.92 Å². The van der Waals surface area contributed by atoms with Gasteiger partial charge in [-0.3, -0.25) is 28.8 Å². The molecular weight excluding hydrogens is 538 g/mol. The molecule has 0 saturated carbocycles. The lowest BCUT2D eigenvalue weighted by Crippen LogP contribution is -2.60. The molecule has 1 heterocycles. The molecule has 0 aromatic rings. The normalized spacial score (nSPS) is 18.3. The van der Waals surface area contributed by atoms with Crippen LogP contribution in [0.1, 0.15) is 39.5 Å². The van der Waals surface area contributed by atoms with Gasteiger partial charge in [-0.15, -0.1) is 0 Å². The van der Waals surface area contributed by atoms with Crippen molar-refractivity contribution >= 4 is 41.8 Å². The Hall–Kier alpha value is -3.67. The van der Waals surface area contributed by atoms with E-state index in [-0.39, 0.29) is 25.8 Å². The van der Waals surface area contributed by atoms with Gasteiger partial charge in [0.1, 0.15) is 42.7 Å². The summed E-state index contributed by atoms with van der Waals surface area (Å²) in [6.45, 7) is 1.72. The summed E-state index contributed by atoms with van der Waals surface area (Å²) in [7, 11) is 0. The van der Waals surface area contributed by atoms with Crippen molar-refractivity contribution in [2.75, 3.05) is 19.7 Å². The molecule has 5 amide bonds. The summed E-state index contributed by atoms with van der Waals surface area (Å²) < 4.78 is 5.54. The number of likely N-dealkylation sites (tertiary alicyclic amines) is 1. The van der Waals surface area contributed by atoms with Crippen LogP contribution in [0.4, 0.5) is 0 Å². The zero-order valence-corrected chi connectivity index (χ0v) is 22.1. The van der Waals surface area contributed by atoms with Gasteiger partial charge in [0.05, 0.1) is 6.61 Å². The van der Waals surface area contributed by atoms with Crippen molar-refractivity contribution in [1.82, 2.24) is 20.9 Å². The Kier molecular flexibility index (Phi) is 14.1. The number of nitrogens with two attached hydrogens (primary N) is 1. The highest BCUT2D eigenvalue weighted by Gasteiger charge is 2.42. The number of amides is 5. The summed E-state index contributed by atoms with van der Waals surface area (Å²) in [6, 6.07) is -4.43. The fraction of sp³-hybridized carbons (Fsp3) is 0.696. The first kappa shape index (κ1) is 34.4. The number of aliphatic hydroxyl groups is 3. The zero-order valence-electron chi connectivity index (χ0n) is 22.1. The van der Waals surface area contributed by atoms with Crippen molar-refractivity contribution in [3.05, 3.63) is 0 Å². The van der Waals surface area contributed by atoms with Gasteiger partial charge in [0.2, 0.25) is 23.8 Å². The van der Waals surface area contributed by atoms with Gasteiger partial charge in [-0.2, -0.15) is 0 Å². The molecule has 226 valence electrons. The van der Waals surface area contributed by atoms with E-state index in [0.29, 0.717) is 12.8 Å². The van der Waals surface area contributed by atoms with Crippen molar-refractivity contribution in [3.63, 3.8) is 0 Å². The molecule has 17 heteroatoms. The van der Waals surface area contributed by atoms with Crippen molar-refractivity contribution in [2.24, 2.45) is 5.73 Å². The van der Waals surface area contributed by atoms with E-state index in [9.17, 15) is 48.9 Å². The number of nitrogens with one attached hydrogen (secondary N) is 3. The Morgan fingerprint density at radius 3 is 2.12 bits per heavy atom. The Morgan fingerprint density at radius 1 is 1.05 bits per heavy atom. The van der Waals surface area contributed by atoms with Gasteiger partial charge in [0.25, 0.3) is 11.8 Å². The standard InChI is InChI=1S/C23H37N5O12/c1-11(23(38)39)25-16(33)6-5-13(20(24)35)27-21(36)19(22(37)28-7-3-4-8-28)40-18(17(34)15(32)10-30)14(9-29)26-12(2)31/h9,11,13-15,17-19,30,32,34H,3-8,10H2,1-2H3,(H2,24,35)(H,25,33)(H,26,31)(H,27,36)(H,38,39)/t11?,13?,14-,15+,17+,18+,19?/m0/s1. The summed E-state index contributed by atoms with van der Waals surface area (Å²) in [5, 5.41) is 45.2. The number of carbonyl (C=O) groups is 7. The van der Waals surface area contributed by atoms with Crippen LogP contribution in [0, 0.1) is 0 Å². The van der Waals surface area contributed by atoms with E-state index in [1.165, 1.54) is 11.8 Å². The Labute approximate surface area is 229 Å². The molecule has 0 bridgehead atoms. The van der Waals surface area contributed by atoms with Gasteiger partial charge in [-0.25, -0.2) is 0 Å². The summed E-state index contributed by atoms with van der Waals surface area (Å²) in [4.78, 5) is 86.1. The van der Waals surface area contributed by atoms with Gasteiger partial charge in [-0.1, -0.05) is 0 Å². The predicted molar refractivity (Wildman–Crippen MR) is 133 cm³/mol. The van der Waals surface area contributed by atoms with Crippen LogP contribution < -0.4 is 21.7 Å². The molecule has 0 spiro atoms. The van der Waals surface area contributed by atoms with E-state index in [2.05, 4.69) is 16.0 Å². The van der Waals surface area contributed by atoms with Crippen LogP contribution in [0.25, 0.3) is 0 Å². The number of carboxylic acids is 1. The van der Waals surface area contributed by atoms with Crippen LogP contribution in [-0.2, 0) is 38.3 Å². The fourth-order valence-corrected chi connectivity index (χ4v) is 3.81. The first-order chi connectivity index (χ1) is 18.7. The largest absolute Gasteiger partial charge is 0.480 e. The molecule has 9 N–H and O–H groups in total. The average Bonchev–Trinajstić information content (AvgIpc) is 3.44. The van der Waals surface area contributed by atoms with Crippen molar-refractivity contribution in [3.8, 4) is 0 Å². The number of carboxylic acid groups (broad SMARTS) is 1. The number of hydrogen-bond acceptors (Lipinski definition) is 11. The summed E-state index contributed by atoms with van der Waals surface area (Å²) in [6.07, 6.45) is -7.49. The summed E-state index contributed by atoms with van der Waals surface area (Å²) >= 11 is 0. The lowest BCUT2D eigenvalue weighted by Gasteiger charge is -2.34. The maximum absolute atomic E-state index is 13.3. The minimum Gasteiger partial charge on any atom is -0.480 e. The average molecular weight is 576 g/mol. The quantitative estimate of drug-likeness (QED) is 0.0599. The van der Waals surface area contributed by atoms with E-state index >= 15 is 0 Å². The third-order valence-electron chi connectivity index (χ3n) is 6.03. The van der Waals surface area contributed by atoms with Crippen LogP contribution >= 0.6 is 0 Å². The van der Waals surface area contributed by atoms with Crippen LogP contribution in [0.3, 0.4) is 0 Å². The molecule has 1 saturated heterocycles. The number of ether oxygens (including phenoxy) is 1. The molecule has 1 aliphatic heterocycles. The first-order valence-corrected chi connectivity index (χ1v) is 12.5. The highest BCUT2D eigenvalue weighted by atomic mass is 16.5. The molecule has 7 atom stereocenters. The van der Waals surface area contributed by atoms with Gasteiger partial charge in [-0.05, 0) is 26.2 Å². The number of nitrogens with zero attached hydrogens (tertiary/aromatic N) is 1. The molecule has 0 radical (unpaired) electrons. The van der Waals surface area contributed by atoms with Gasteiger partial charge in [0, 0.05) is 26.4 Å². The van der Waals surface area contributed by atoms with Crippen molar-refractivity contribution < 1.29 is 58.7 Å². The number of carbonyl (C=O) groups excluding carboxylic acids is 6. The monoisotopic (exact) mass is 575 g/mol. The predicted octanol–water partition coefficient (Wildman–Crippen LogP) is -4.88. The van der Waals surface area contributed by atoms with Crippen LogP contribution in [0.5, 0.6) is 0 Å². The second-order valence-corrected chi connectivity index (χ2v) is 9.25. The number of rotatable bonds is 17. The second kappa shape index (κ2) is 16.4. The molecule has 0 aliphatic carbocycles. The van der Waals surface area contributed by atoms with Crippen LogP contribution in [0.2, 0.25) is 0 Å². The number of primary amides is 1. The second-order valence-electron chi connectivity index (χ2n) is 9.25. The number of hydrogen-bond donors (Lipinski definition) is 8. The lowest BCUT2D eigenvalue weighted by atomic mass is 10.0. The van der Waals surface area contributed by atoms with Crippen LogP contribution in [0.15, 0.2) is 0 Å². The smallest absolute Gasteiger partial charge is 0.325 e. The molecule has 1 fully saturated rings. The minimum atomic E-state index is -2.12. The Balaban J connectivity index is 3.25. The zero-order chi connectivity index (χ0) is 30.6. The molecule has 0 aromatic heterocycles. The fourth-order valence-electron chi connectivity index (χ4n) is 3.81. The van der Waals surface area contributed by atoms with Crippen LogP contribution in [-0.4, -0.2) is 129 Å². The molecular formula is C23H37N5O12. The highest BCUT2D eigenvalue weighted by molar-refractivity contribution is 6.04. The third-order valence-corrected chi connectivity index (χ3v) is 6.03. The molecule has 17 nitrogen and oxygen atoms in total. The van der Waals surface area contributed by atoms with Crippen molar-refractivity contribution in [2.45, 2.75) is 82.1 Å². The lowest BCUT2D eigenvalue weighted by molar-refractivity contribution is -0.172. The molecule has 3 unspecified atom stereocenters. The van der Waals surface area contributed by atoms with Crippen molar-refractivity contribution in [1.29, 1.82) is 0 Å². The van der Waals surface area contributed by atoms with Gasteiger partial charge >= 0.3 is 5.97 Å². The minimum absolute atomic E-state index is 0.137. The van der Waals surface area contributed by atoms with E-state index in [4.69, 9.17) is 15.6 Å². The Morgan fingerprint density at radius 2 is 1.65 bits per heavy atom. The number of aliphatic carboxylic acids is 1. The first-order valence-electron chi connectivity index (χ1n) is 12.5. The third kappa shape index (κ3) is 10.5. The number of aliphatic hydroxyl groups excluding tert-OH is 3. The molecule has 40 heavy (non-hydrogen) atoms. The van der Waals surface area contributed by atoms with E-state index < -0.39 is 91.1 Å². The van der Waals surface area contributed by atoms with Gasteiger partial charge < -0.3 is 56.5 Å². The number of aldehydes is 1. The Bertz CT molecular complexity index is 941. The molecule has 1 rings (SSSR count). The van der Waals surface area contributed by atoms with E-state index in [1.807, 2.05) is 0 Å². The molecule has 1 aliphatic rings. The topological polar surface area (TPSA) is 275 Å². The van der Waals surface area contributed by atoms with E-state index in [1.54, 1.807) is 0 Å². The maximum atomic E-state index is 13.3. The molecule has 0 aromatic carbocycles. The summed E-state index contributed by atoms with van der Waals surface area (Å²) in [5.74, 6) is -6.09. The highest BCUT2D eigenvalue weighted by Crippen LogP contribution is 2.17. The SMILES string of the molecule is CC(=O)N[C@@H](C=O)[C@@H](OC(C(=O)NC(CCC(=O)NC(C)C(=O)O)C(N)=O)C(=O)N1CCCC1)[C@H](O)[C@H](O)CO. The summed E-state index contributed by atoms with van der Waals surface area (Å²) in [5.41, 5.74) is 5.34. The van der Waals surface area contributed by atoms with Gasteiger partial charge in [0.15, 0.2) is 0 Å². The maximum Gasteiger partial charge on any atom is 0.325 e.